The summed E-state index contributed by atoms with van der Waals surface area (Å²) in [6, 6.07) is 3.14. The molecule has 2 nitrogen and oxygen atoms in total. The highest BCUT2D eigenvalue weighted by molar-refractivity contribution is 5.23. The topological polar surface area (TPSA) is 25.2 Å². The van der Waals surface area contributed by atoms with Gasteiger partial charge in [-0.1, -0.05) is 11.6 Å². The predicted octanol–water partition coefficient (Wildman–Crippen LogP) is 4.05. The molecule has 2 heteroatoms. The van der Waals surface area contributed by atoms with E-state index in [1.165, 1.54) is 24.0 Å². The van der Waals surface area contributed by atoms with Gasteiger partial charge < -0.3 is 9.73 Å². The Morgan fingerprint density at radius 1 is 1.35 bits per heavy atom. The second-order valence-corrected chi connectivity index (χ2v) is 5.28. The van der Waals surface area contributed by atoms with Crippen LogP contribution >= 0.6 is 0 Å². The highest BCUT2D eigenvalue weighted by Crippen LogP contribution is 2.24. The van der Waals surface area contributed by atoms with Crippen molar-refractivity contribution in [2.75, 3.05) is 0 Å². The summed E-state index contributed by atoms with van der Waals surface area (Å²) in [5.41, 5.74) is 2.83. The maximum atomic E-state index is 5.59. The van der Waals surface area contributed by atoms with Crippen LogP contribution in [0.15, 0.2) is 22.1 Å². The second-order valence-electron chi connectivity index (χ2n) is 5.28. The minimum Gasteiger partial charge on any atom is -0.466 e. The number of rotatable bonds is 3. The Labute approximate surface area is 104 Å². The summed E-state index contributed by atoms with van der Waals surface area (Å²) in [6.45, 7) is 8.51. The first kappa shape index (κ1) is 12.4. The number of hydrogen-bond donors (Lipinski definition) is 1. The molecule has 0 spiro atoms. The molecule has 1 aromatic heterocycles. The van der Waals surface area contributed by atoms with Gasteiger partial charge in [-0.25, -0.2) is 0 Å². The molecule has 1 aromatic rings. The molecule has 17 heavy (non-hydrogen) atoms. The molecule has 0 radical (unpaired) electrons. The third-order valence-corrected chi connectivity index (χ3v) is 3.67. The van der Waals surface area contributed by atoms with Crippen molar-refractivity contribution in [1.82, 2.24) is 5.32 Å². The molecule has 2 atom stereocenters. The lowest BCUT2D eigenvalue weighted by Gasteiger charge is -2.25. The van der Waals surface area contributed by atoms with Crippen LogP contribution in [0.4, 0.5) is 0 Å². The van der Waals surface area contributed by atoms with Crippen LogP contribution in [-0.4, -0.2) is 6.04 Å². The second kappa shape index (κ2) is 5.09. The Hall–Kier alpha value is -1.02. The van der Waals surface area contributed by atoms with Gasteiger partial charge in [0.05, 0.1) is 0 Å². The monoisotopic (exact) mass is 233 g/mol. The van der Waals surface area contributed by atoms with Crippen LogP contribution in [0, 0.1) is 13.8 Å². The van der Waals surface area contributed by atoms with Gasteiger partial charge in [-0.15, -0.1) is 0 Å². The van der Waals surface area contributed by atoms with Crippen LogP contribution in [-0.2, 0) is 0 Å². The first-order valence-electron chi connectivity index (χ1n) is 6.55. The Bertz CT molecular complexity index is 417. The SMILES string of the molecule is CC1=CC[C@H](N[C@@H](C)c2cc(C)oc2C)CC1. The molecule has 0 aliphatic heterocycles. The highest BCUT2D eigenvalue weighted by atomic mass is 16.3. The molecule has 0 unspecified atom stereocenters. The normalized spacial score (nSPS) is 22.4. The Morgan fingerprint density at radius 3 is 2.65 bits per heavy atom. The standard InChI is InChI=1S/C15H23NO/c1-10-5-7-14(8-6-10)16-12(3)15-9-11(2)17-13(15)4/h5,9,12,14,16H,6-8H2,1-4H3/t12-,14-/m0/s1. The molecule has 0 saturated carbocycles. The smallest absolute Gasteiger partial charge is 0.105 e. The first-order chi connectivity index (χ1) is 8.06. The maximum Gasteiger partial charge on any atom is 0.105 e. The van der Waals surface area contributed by atoms with Gasteiger partial charge in [0.15, 0.2) is 0 Å². The van der Waals surface area contributed by atoms with Crippen LogP contribution < -0.4 is 5.32 Å². The third-order valence-electron chi connectivity index (χ3n) is 3.67. The van der Waals surface area contributed by atoms with Crippen molar-refractivity contribution in [3.63, 3.8) is 0 Å². The van der Waals surface area contributed by atoms with E-state index in [0.29, 0.717) is 12.1 Å². The quantitative estimate of drug-likeness (QED) is 0.797. The van der Waals surface area contributed by atoms with Gasteiger partial charge in [-0.3, -0.25) is 0 Å². The molecule has 0 fully saturated rings. The number of aryl methyl sites for hydroxylation is 2. The predicted molar refractivity (Wildman–Crippen MR) is 71.1 cm³/mol. The zero-order valence-electron chi connectivity index (χ0n) is 11.3. The zero-order valence-corrected chi connectivity index (χ0v) is 11.3. The van der Waals surface area contributed by atoms with E-state index >= 15 is 0 Å². The molecule has 2 rings (SSSR count). The average Bonchev–Trinajstić information content (AvgIpc) is 2.61. The number of allylic oxidation sites excluding steroid dienone is 1. The van der Waals surface area contributed by atoms with E-state index in [1.54, 1.807) is 0 Å². The van der Waals surface area contributed by atoms with Gasteiger partial charge in [0.2, 0.25) is 0 Å². The molecule has 0 bridgehead atoms. The van der Waals surface area contributed by atoms with E-state index in [4.69, 9.17) is 4.42 Å². The molecule has 1 heterocycles. The lowest BCUT2D eigenvalue weighted by Crippen LogP contribution is -2.32. The fourth-order valence-corrected chi connectivity index (χ4v) is 2.64. The van der Waals surface area contributed by atoms with Gasteiger partial charge in [-0.2, -0.15) is 0 Å². The molecule has 1 aliphatic rings. The summed E-state index contributed by atoms with van der Waals surface area (Å²) in [5.74, 6) is 2.05. The summed E-state index contributed by atoms with van der Waals surface area (Å²) in [6.07, 6.45) is 6.00. The summed E-state index contributed by atoms with van der Waals surface area (Å²) >= 11 is 0. The van der Waals surface area contributed by atoms with Crippen molar-refractivity contribution in [1.29, 1.82) is 0 Å². The molecule has 0 amide bonds. The molecule has 0 aromatic carbocycles. The zero-order chi connectivity index (χ0) is 12.4. The number of furan rings is 1. The van der Waals surface area contributed by atoms with Crippen molar-refractivity contribution in [2.45, 2.75) is 59.0 Å². The lowest BCUT2D eigenvalue weighted by atomic mass is 9.95. The summed E-state index contributed by atoms with van der Waals surface area (Å²) < 4.78 is 5.59. The fraction of sp³-hybridized carbons (Fsp3) is 0.600. The lowest BCUT2D eigenvalue weighted by molar-refractivity contribution is 0.414. The Morgan fingerprint density at radius 2 is 2.12 bits per heavy atom. The van der Waals surface area contributed by atoms with Gasteiger partial charge in [-0.05, 0) is 53.0 Å². The number of hydrogen-bond acceptors (Lipinski definition) is 2. The van der Waals surface area contributed by atoms with E-state index in [-0.39, 0.29) is 0 Å². The van der Waals surface area contributed by atoms with Crippen LogP contribution in [0.1, 0.15) is 56.2 Å². The highest BCUT2D eigenvalue weighted by Gasteiger charge is 2.18. The van der Waals surface area contributed by atoms with Crippen LogP contribution in [0.25, 0.3) is 0 Å². The fourth-order valence-electron chi connectivity index (χ4n) is 2.64. The van der Waals surface area contributed by atoms with E-state index in [9.17, 15) is 0 Å². The molecule has 94 valence electrons. The van der Waals surface area contributed by atoms with E-state index in [0.717, 1.165) is 17.9 Å². The van der Waals surface area contributed by atoms with Gasteiger partial charge in [0.25, 0.3) is 0 Å². The largest absolute Gasteiger partial charge is 0.466 e. The van der Waals surface area contributed by atoms with Gasteiger partial charge in [0, 0.05) is 17.6 Å². The first-order valence-corrected chi connectivity index (χ1v) is 6.55. The van der Waals surface area contributed by atoms with Crippen molar-refractivity contribution in [3.8, 4) is 0 Å². The molecular weight excluding hydrogens is 210 g/mol. The number of nitrogens with one attached hydrogen (secondary N) is 1. The molecular formula is C15H23NO. The minimum absolute atomic E-state index is 0.379. The van der Waals surface area contributed by atoms with Crippen molar-refractivity contribution < 1.29 is 4.42 Å². The Kier molecular flexibility index (Phi) is 3.72. The van der Waals surface area contributed by atoms with E-state index < -0.39 is 0 Å². The van der Waals surface area contributed by atoms with E-state index in [2.05, 4.69) is 31.3 Å². The van der Waals surface area contributed by atoms with Crippen LogP contribution in [0.5, 0.6) is 0 Å². The van der Waals surface area contributed by atoms with E-state index in [1.807, 2.05) is 13.8 Å². The van der Waals surface area contributed by atoms with Crippen molar-refractivity contribution >= 4 is 0 Å². The summed E-state index contributed by atoms with van der Waals surface area (Å²) in [7, 11) is 0. The molecule has 1 N–H and O–H groups in total. The summed E-state index contributed by atoms with van der Waals surface area (Å²) in [4.78, 5) is 0. The molecule has 0 saturated heterocycles. The maximum absolute atomic E-state index is 5.59. The third kappa shape index (κ3) is 3.01. The molecule has 1 aliphatic carbocycles. The van der Waals surface area contributed by atoms with Crippen LogP contribution in [0.3, 0.4) is 0 Å². The Balaban J connectivity index is 1.97. The minimum atomic E-state index is 0.379. The summed E-state index contributed by atoms with van der Waals surface area (Å²) in [5, 5.41) is 3.71. The van der Waals surface area contributed by atoms with Crippen LogP contribution in [0.2, 0.25) is 0 Å². The van der Waals surface area contributed by atoms with Gasteiger partial charge >= 0.3 is 0 Å². The average molecular weight is 233 g/mol. The van der Waals surface area contributed by atoms with Crippen molar-refractivity contribution in [2.24, 2.45) is 0 Å². The van der Waals surface area contributed by atoms with Crippen molar-refractivity contribution in [3.05, 3.63) is 34.8 Å². The van der Waals surface area contributed by atoms with Gasteiger partial charge in [0.1, 0.15) is 11.5 Å².